The summed E-state index contributed by atoms with van der Waals surface area (Å²) < 4.78 is 5.41. The molecule has 2 aromatic rings. The number of rotatable bonds is 2. The SMILES string of the molecule is Oc1ccc(-c2cnoc2C2CCCCN2)cc1. The minimum atomic E-state index is 0.255. The van der Waals surface area contributed by atoms with E-state index in [-0.39, 0.29) is 11.8 Å². The van der Waals surface area contributed by atoms with E-state index < -0.39 is 0 Å². The van der Waals surface area contributed by atoms with Crippen molar-refractivity contribution in [1.29, 1.82) is 0 Å². The number of aromatic nitrogens is 1. The van der Waals surface area contributed by atoms with E-state index in [1.807, 2.05) is 12.1 Å². The number of hydrogen-bond acceptors (Lipinski definition) is 4. The first-order valence-corrected chi connectivity index (χ1v) is 6.32. The minimum absolute atomic E-state index is 0.255. The Labute approximate surface area is 106 Å². The van der Waals surface area contributed by atoms with Gasteiger partial charge in [0.15, 0.2) is 5.76 Å². The molecule has 3 rings (SSSR count). The summed E-state index contributed by atoms with van der Waals surface area (Å²) >= 11 is 0. The normalized spacial score (nSPS) is 19.9. The van der Waals surface area contributed by atoms with Gasteiger partial charge in [-0.25, -0.2) is 0 Å². The molecule has 0 bridgehead atoms. The van der Waals surface area contributed by atoms with Gasteiger partial charge in [-0.05, 0) is 37.1 Å². The van der Waals surface area contributed by atoms with Crippen LogP contribution < -0.4 is 5.32 Å². The first kappa shape index (κ1) is 11.3. The number of nitrogens with zero attached hydrogens (tertiary/aromatic N) is 1. The van der Waals surface area contributed by atoms with E-state index in [1.165, 1.54) is 12.8 Å². The van der Waals surface area contributed by atoms with Crippen molar-refractivity contribution in [1.82, 2.24) is 10.5 Å². The molecule has 1 saturated heterocycles. The van der Waals surface area contributed by atoms with Crippen LogP contribution in [0.15, 0.2) is 35.0 Å². The predicted octanol–water partition coefficient (Wildman–Crippen LogP) is 2.86. The molecule has 1 aliphatic heterocycles. The molecule has 18 heavy (non-hydrogen) atoms. The quantitative estimate of drug-likeness (QED) is 0.852. The highest BCUT2D eigenvalue weighted by Gasteiger charge is 2.22. The highest BCUT2D eigenvalue weighted by Crippen LogP contribution is 2.32. The van der Waals surface area contributed by atoms with Crippen molar-refractivity contribution < 1.29 is 9.63 Å². The minimum Gasteiger partial charge on any atom is -0.508 e. The predicted molar refractivity (Wildman–Crippen MR) is 68.2 cm³/mol. The van der Waals surface area contributed by atoms with Crippen LogP contribution in [0.3, 0.4) is 0 Å². The number of benzene rings is 1. The highest BCUT2D eigenvalue weighted by atomic mass is 16.5. The fraction of sp³-hybridized carbons (Fsp3) is 0.357. The van der Waals surface area contributed by atoms with Crippen molar-refractivity contribution >= 4 is 0 Å². The summed E-state index contributed by atoms with van der Waals surface area (Å²) in [5.41, 5.74) is 2.03. The van der Waals surface area contributed by atoms with Crippen LogP contribution in [0.2, 0.25) is 0 Å². The van der Waals surface area contributed by atoms with Gasteiger partial charge in [0.2, 0.25) is 0 Å². The Balaban J connectivity index is 1.93. The molecule has 0 saturated carbocycles. The van der Waals surface area contributed by atoms with Gasteiger partial charge in [-0.2, -0.15) is 0 Å². The Kier molecular flexibility index (Phi) is 3.02. The molecule has 4 nitrogen and oxygen atoms in total. The van der Waals surface area contributed by atoms with Crippen molar-refractivity contribution in [3.8, 4) is 16.9 Å². The first-order chi connectivity index (χ1) is 8.84. The summed E-state index contributed by atoms with van der Waals surface area (Å²) in [7, 11) is 0. The topological polar surface area (TPSA) is 58.3 Å². The molecule has 2 heterocycles. The molecule has 1 unspecified atom stereocenters. The van der Waals surface area contributed by atoms with E-state index in [0.717, 1.165) is 29.9 Å². The third-order valence-corrected chi connectivity index (χ3v) is 3.40. The maximum atomic E-state index is 9.32. The molecule has 94 valence electrons. The lowest BCUT2D eigenvalue weighted by molar-refractivity contribution is 0.306. The van der Waals surface area contributed by atoms with Crippen LogP contribution in [-0.2, 0) is 0 Å². The van der Waals surface area contributed by atoms with Gasteiger partial charge in [-0.1, -0.05) is 23.7 Å². The number of phenolic OH excluding ortho intramolecular Hbond substituents is 1. The summed E-state index contributed by atoms with van der Waals surface area (Å²) in [4.78, 5) is 0. The molecule has 1 aromatic carbocycles. The lowest BCUT2D eigenvalue weighted by atomic mass is 9.97. The maximum absolute atomic E-state index is 9.32. The summed E-state index contributed by atoms with van der Waals surface area (Å²) in [5.74, 6) is 1.17. The standard InChI is InChI=1S/C14H16N2O2/c17-11-6-4-10(5-7-11)12-9-16-18-14(12)13-3-1-2-8-15-13/h4-7,9,13,15,17H,1-3,8H2. The maximum Gasteiger partial charge on any atom is 0.161 e. The van der Waals surface area contributed by atoms with Gasteiger partial charge in [0, 0.05) is 5.56 Å². The van der Waals surface area contributed by atoms with E-state index >= 15 is 0 Å². The fourth-order valence-electron chi connectivity index (χ4n) is 2.43. The highest BCUT2D eigenvalue weighted by molar-refractivity contribution is 5.65. The molecule has 4 heteroatoms. The molecule has 0 radical (unpaired) electrons. The van der Waals surface area contributed by atoms with E-state index in [2.05, 4.69) is 10.5 Å². The van der Waals surface area contributed by atoms with Crippen LogP contribution >= 0.6 is 0 Å². The summed E-state index contributed by atoms with van der Waals surface area (Å²) in [6.07, 6.45) is 5.27. The Morgan fingerprint density at radius 3 is 2.78 bits per heavy atom. The molecule has 1 fully saturated rings. The van der Waals surface area contributed by atoms with E-state index in [0.29, 0.717) is 0 Å². The van der Waals surface area contributed by atoms with E-state index in [9.17, 15) is 5.11 Å². The zero-order valence-electron chi connectivity index (χ0n) is 10.1. The van der Waals surface area contributed by atoms with Crippen LogP contribution in [0.25, 0.3) is 11.1 Å². The third-order valence-electron chi connectivity index (χ3n) is 3.40. The lowest BCUT2D eigenvalue weighted by Crippen LogP contribution is -2.26. The van der Waals surface area contributed by atoms with Gasteiger partial charge in [0.05, 0.1) is 12.2 Å². The average Bonchev–Trinajstić information content (AvgIpc) is 2.90. The van der Waals surface area contributed by atoms with Gasteiger partial charge < -0.3 is 14.9 Å². The van der Waals surface area contributed by atoms with E-state index in [4.69, 9.17) is 4.52 Å². The van der Waals surface area contributed by atoms with Crippen molar-refractivity contribution in [3.63, 3.8) is 0 Å². The van der Waals surface area contributed by atoms with Crippen molar-refractivity contribution in [2.75, 3.05) is 6.54 Å². The smallest absolute Gasteiger partial charge is 0.161 e. The summed E-state index contributed by atoms with van der Waals surface area (Å²) in [5, 5.41) is 16.7. The van der Waals surface area contributed by atoms with Crippen molar-refractivity contribution in [2.24, 2.45) is 0 Å². The Morgan fingerprint density at radius 2 is 2.06 bits per heavy atom. The zero-order valence-corrected chi connectivity index (χ0v) is 10.1. The number of hydrogen-bond donors (Lipinski definition) is 2. The van der Waals surface area contributed by atoms with Crippen LogP contribution in [0.1, 0.15) is 31.1 Å². The van der Waals surface area contributed by atoms with E-state index in [1.54, 1.807) is 18.3 Å². The number of nitrogens with one attached hydrogen (secondary N) is 1. The van der Waals surface area contributed by atoms with Gasteiger partial charge in [0.25, 0.3) is 0 Å². The van der Waals surface area contributed by atoms with Crippen molar-refractivity contribution in [2.45, 2.75) is 25.3 Å². The number of piperidine rings is 1. The Bertz CT molecular complexity index is 513. The zero-order chi connectivity index (χ0) is 12.4. The van der Waals surface area contributed by atoms with Crippen LogP contribution in [0.5, 0.6) is 5.75 Å². The Morgan fingerprint density at radius 1 is 1.22 bits per heavy atom. The van der Waals surface area contributed by atoms with Gasteiger partial charge in [-0.3, -0.25) is 0 Å². The number of aromatic hydroxyl groups is 1. The molecule has 2 N–H and O–H groups in total. The van der Waals surface area contributed by atoms with Gasteiger partial charge in [-0.15, -0.1) is 0 Å². The Hall–Kier alpha value is -1.81. The third kappa shape index (κ3) is 2.11. The van der Waals surface area contributed by atoms with Crippen molar-refractivity contribution in [3.05, 3.63) is 36.2 Å². The summed E-state index contributed by atoms with van der Waals surface area (Å²) in [6, 6.07) is 7.38. The first-order valence-electron chi connectivity index (χ1n) is 6.32. The molecule has 0 spiro atoms. The molecule has 1 aliphatic rings. The molecule has 0 aliphatic carbocycles. The van der Waals surface area contributed by atoms with Crippen LogP contribution in [0.4, 0.5) is 0 Å². The fourth-order valence-corrected chi connectivity index (χ4v) is 2.43. The monoisotopic (exact) mass is 244 g/mol. The molecular weight excluding hydrogens is 228 g/mol. The number of phenols is 1. The second-order valence-electron chi connectivity index (χ2n) is 4.65. The molecular formula is C14H16N2O2. The lowest BCUT2D eigenvalue weighted by Gasteiger charge is -2.21. The second-order valence-corrected chi connectivity index (χ2v) is 4.65. The summed E-state index contributed by atoms with van der Waals surface area (Å²) in [6.45, 7) is 1.03. The molecule has 1 atom stereocenters. The largest absolute Gasteiger partial charge is 0.508 e. The van der Waals surface area contributed by atoms with Crippen LogP contribution in [-0.4, -0.2) is 16.8 Å². The molecule has 0 amide bonds. The van der Waals surface area contributed by atoms with Gasteiger partial charge >= 0.3 is 0 Å². The van der Waals surface area contributed by atoms with Crippen LogP contribution in [0, 0.1) is 0 Å². The average molecular weight is 244 g/mol. The second kappa shape index (κ2) is 4.82. The molecule has 1 aromatic heterocycles. The van der Waals surface area contributed by atoms with Gasteiger partial charge in [0.1, 0.15) is 5.75 Å².